The van der Waals surface area contributed by atoms with Crippen molar-refractivity contribution in [3.63, 3.8) is 0 Å². The highest BCUT2D eigenvalue weighted by Gasteiger charge is 2.29. The number of nitrogens with zero attached hydrogens (tertiary/aromatic N) is 6. The topological polar surface area (TPSA) is 112 Å². The molecule has 3 aromatic rings. The van der Waals surface area contributed by atoms with Crippen molar-refractivity contribution in [2.75, 3.05) is 0 Å². The zero-order valence-electron chi connectivity index (χ0n) is 13.0. The maximum absolute atomic E-state index is 12.3. The summed E-state index contributed by atoms with van der Waals surface area (Å²) < 4.78 is 6.70. The molecule has 24 heavy (non-hydrogen) atoms. The normalized spacial score (nSPS) is 15.2. The van der Waals surface area contributed by atoms with Crippen molar-refractivity contribution < 1.29 is 9.32 Å². The summed E-state index contributed by atoms with van der Waals surface area (Å²) in [6.45, 7) is 1.81. The zero-order chi connectivity index (χ0) is 16.5. The average molecular weight is 325 g/mol. The van der Waals surface area contributed by atoms with Gasteiger partial charge < -0.3 is 9.84 Å². The quantitative estimate of drug-likeness (QED) is 0.755. The molecule has 0 radical (unpaired) electrons. The second-order valence-electron chi connectivity index (χ2n) is 5.66. The number of hydrogen-bond acceptors (Lipinski definition) is 7. The lowest BCUT2D eigenvalue weighted by Crippen LogP contribution is -2.29. The van der Waals surface area contributed by atoms with E-state index in [0.717, 1.165) is 18.6 Å². The lowest BCUT2D eigenvalue weighted by atomic mass is 10.2. The number of carbonyl (C=O) groups is 1. The first-order valence-electron chi connectivity index (χ1n) is 7.67. The first kappa shape index (κ1) is 14.5. The van der Waals surface area contributed by atoms with Crippen LogP contribution in [-0.4, -0.2) is 35.8 Å². The van der Waals surface area contributed by atoms with Gasteiger partial charge in [0.1, 0.15) is 12.1 Å². The molecular formula is C15H15N7O2. The van der Waals surface area contributed by atoms with E-state index in [4.69, 9.17) is 4.52 Å². The van der Waals surface area contributed by atoms with Crippen LogP contribution in [0.1, 0.15) is 53.8 Å². The summed E-state index contributed by atoms with van der Waals surface area (Å²) in [5, 5.41) is 10.8. The van der Waals surface area contributed by atoms with Crippen LogP contribution in [0.25, 0.3) is 5.95 Å². The molecule has 9 heteroatoms. The Kier molecular flexibility index (Phi) is 3.52. The van der Waals surface area contributed by atoms with Gasteiger partial charge in [-0.2, -0.15) is 9.78 Å². The molecule has 9 nitrogen and oxygen atoms in total. The lowest BCUT2D eigenvalue weighted by molar-refractivity contribution is 0.0928. The number of rotatable bonds is 5. The minimum absolute atomic E-state index is 0.269. The number of carbonyl (C=O) groups excluding carboxylic acids is 1. The van der Waals surface area contributed by atoms with Crippen molar-refractivity contribution in [1.82, 2.24) is 35.2 Å². The minimum Gasteiger partial charge on any atom is -0.360 e. The Hall–Kier alpha value is -3.10. The van der Waals surface area contributed by atoms with E-state index >= 15 is 0 Å². The Labute approximate surface area is 137 Å². The maximum Gasteiger partial charge on any atom is 0.274 e. The summed E-state index contributed by atoms with van der Waals surface area (Å²) >= 11 is 0. The Morgan fingerprint density at radius 3 is 2.88 bits per heavy atom. The molecule has 0 aromatic carbocycles. The van der Waals surface area contributed by atoms with Crippen LogP contribution < -0.4 is 5.32 Å². The molecule has 1 saturated carbocycles. The highest BCUT2D eigenvalue weighted by Crippen LogP contribution is 2.40. The highest BCUT2D eigenvalue weighted by atomic mass is 16.5. The largest absolute Gasteiger partial charge is 0.360 e. The summed E-state index contributed by atoms with van der Waals surface area (Å²) in [4.78, 5) is 24.8. The van der Waals surface area contributed by atoms with E-state index in [0.29, 0.717) is 17.7 Å². The van der Waals surface area contributed by atoms with Crippen LogP contribution in [0.4, 0.5) is 0 Å². The summed E-state index contributed by atoms with van der Waals surface area (Å²) in [5.41, 5.74) is 0.269. The van der Waals surface area contributed by atoms with E-state index in [1.807, 2.05) is 6.92 Å². The van der Waals surface area contributed by atoms with Crippen LogP contribution >= 0.6 is 0 Å². The van der Waals surface area contributed by atoms with Gasteiger partial charge in [0.2, 0.25) is 0 Å². The molecule has 0 saturated heterocycles. The lowest BCUT2D eigenvalue weighted by Gasteiger charge is -2.12. The first-order valence-corrected chi connectivity index (χ1v) is 7.67. The molecule has 1 amide bonds. The summed E-state index contributed by atoms with van der Waals surface area (Å²) in [6, 6.07) is 3.02. The third-order valence-corrected chi connectivity index (χ3v) is 3.79. The molecule has 0 unspecified atom stereocenters. The molecule has 0 bridgehead atoms. The Balaban J connectivity index is 1.51. The fourth-order valence-corrected chi connectivity index (χ4v) is 2.39. The van der Waals surface area contributed by atoms with Crippen molar-refractivity contribution in [3.8, 4) is 5.95 Å². The van der Waals surface area contributed by atoms with Crippen LogP contribution in [0, 0.1) is 0 Å². The van der Waals surface area contributed by atoms with Crippen molar-refractivity contribution in [1.29, 1.82) is 0 Å². The van der Waals surface area contributed by atoms with E-state index in [-0.39, 0.29) is 11.6 Å². The van der Waals surface area contributed by atoms with Gasteiger partial charge in [-0.3, -0.25) is 4.79 Å². The smallest absolute Gasteiger partial charge is 0.274 e. The van der Waals surface area contributed by atoms with E-state index in [9.17, 15) is 4.79 Å². The molecule has 1 atom stereocenters. The van der Waals surface area contributed by atoms with Gasteiger partial charge in [-0.25, -0.2) is 15.0 Å². The molecule has 3 aromatic heterocycles. The fraction of sp³-hybridized carbons (Fsp3) is 0.333. The predicted molar refractivity (Wildman–Crippen MR) is 81.3 cm³/mol. The predicted octanol–water partition coefficient (Wildman–Crippen LogP) is 1.41. The van der Waals surface area contributed by atoms with Crippen molar-refractivity contribution in [3.05, 3.63) is 48.1 Å². The zero-order valence-corrected chi connectivity index (χ0v) is 13.0. The molecule has 1 aliphatic rings. The molecule has 122 valence electrons. The number of amides is 1. The van der Waals surface area contributed by atoms with Gasteiger partial charge in [-0.1, -0.05) is 5.16 Å². The molecule has 0 aliphatic heterocycles. The molecule has 0 spiro atoms. The summed E-state index contributed by atoms with van der Waals surface area (Å²) in [5.74, 6) is 1.79. The van der Waals surface area contributed by atoms with Crippen LogP contribution in [0.3, 0.4) is 0 Å². The third kappa shape index (κ3) is 2.75. The van der Waals surface area contributed by atoms with Gasteiger partial charge in [0.25, 0.3) is 11.9 Å². The molecule has 1 fully saturated rings. The minimum atomic E-state index is -0.398. The molecule has 4 rings (SSSR count). The van der Waals surface area contributed by atoms with Crippen molar-refractivity contribution in [2.24, 2.45) is 0 Å². The van der Waals surface area contributed by atoms with Crippen LogP contribution in [0.2, 0.25) is 0 Å². The van der Waals surface area contributed by atoms with Gasteiger partial charge in [0, 0.05) is 24.4 Å². The standard InChI is InChI=1S/C15H15N7O2/c1-9(13-18-8-19-22(13)15-16-5-2-6-17-15)20-14(23)11-7-12(24-21-11)10-3-4-10/h2,5-10H,3-4H2,1H3,(H,20,23)/t9-/m1/s1. The van der Waals surface area contributed by atoms with Crippen LogP contribution in [0.5, 0.6) is 0 Å². The first-order chi connectivity index (χ1) is 11.7. The molecule has 1 N–H and O–H groups in total. The van der Waals surface area contributed by atoms with Crippen LogP contribution in [-0.2, 0) is 0 Å². The number of nitrogens with one attached hydrogen (secondary N) is 1. The van der Waals surface area contributed by atoms with E-state index in [2.05, 4.69) is 30.5 Å². The van der Waals surface area contributed by atoms with Gasteiger partial charge in [0.15, 0.2) is 11.5 Å². The van der Waals surface area contributed by atoms with Gasteiger partial charge in [0.05, 0.1) is 6.04 Å². The molecule has 1 aliphatic carbocycles. The highest BCUT2D eigenvalue weighted by molar-refractivity contribution is 5.92. The monoisotopic (exact) mass is 325 g/mol. The van der Waals surface area contributed by atoms with Crippen molar-refractivity contribution >= 4 is 5.91 Å². The number of hydrogen-bond donors (Lipinski definition) is 1. The fourth-order valence-electron chi connectivity index (χ4n) is 2.39. The van der Waals surface area contributed by atoms with Gasteiger partial charge in [-0.05, 0) is 25.8 Å². The van der Waals surface area contributed by atoms with E-state index < -0.39 is 6.04 Å². The second kappa shape index (κ2) is 5.84. The average Bonchev–Trinajstić information content (AvgIpc) is 3.14. The maximum atomic E-state index is 12.3. The van der Waals surface area contributed by atoms with Gasteiger partial charge in [-0.15, -0.1) is 0 Å². The van der Waals surface area contributed by atoms with Crippen LogP contribution in [0.15, 0.2) is 35.4 Å². The SMILES string of the molecule is C[C@@H](NC(=O)c1cc(C2CC2)on1)c1ncnn1-c1ncccn1. The number of aromatic nitrogens is 6. The summed E-state index contributed by atoms with van der Waals surface area (Å²) in [6.07, 6.45) is 6.81. The molecular weight excluding hydrogens is 310 g/mol. The van der Waals surface area contributed by atoms with E-state index in [1.165, 1.54) is 11.0 Å². The van der Waals surface area contributed by atoms with E-state index in [1.54, 1.807) is 24.5 Å². The Morgan fingerprint density at radius 1 is 1.33 bits per heavy atom. The van der Waals surface area contributed by atoms with Gasteiger partial charge >= 0.3 is 0 Å². The molecule has 3 heterocycles. The Morgan fingerprint density at radius 2 is 2.12 bits per heavy atom. The second-order valence-corrected chi connectivity index (χ2v) is 5.66. The van der Waals surface area contributed by atoms with Crippen molar-refractivity contribution in [2.45, 2.75) is 31.7 Å². The third-order valence-electron chi connectivity index (χ3n) is 3.79. The Bertz CT molecular complexity index is 854. The summed E-state index contributed by atoms with van der Waals surface area (Å²) in [7, 11) is 0.